The Hall–Kier alpha value is -0.900. The van der Waals surface area contributed by atoms with Crippen molar-refractivity contribution < 1.29 is 4.79 Å². The Morgan fingerprint density at radius 1 is 1.89 bits per heavy atom. The van der Waals surface area contributed by atoms with Gasteiger partial charge in [-0.3, -0.25) is 10.0 Å². The molecule has 0 amide bonds. The maximum atomic E-state index is 9.83. The molecule has 4 heteroatoms. The van der Waals surface area contributed by atoms with Crippen LogP contribution in [0.4, 0.5) is 0 Å². The molecular weight excluding hydrogens is 118 g/mol. The van der Waals surface area contributed by atoms with E-state index in [1.165, 1.54) is 0 Å². The molecule has 9 heavy (non-hydrogen) atoms. The van der Waals surface area contributed by atoms with Gasteiger partial charge in [0.25, 0.3) is 0 Å². The molecule has 0 saturated heterocycles. The zero-order chi connectivity index (χ0) is 6.53. The summed E-state index contributed by atoms with van der Waals surface area (Å²) in [5.74, 6) is 0. The minimum atomic E-state index is 0.367. The van der Waals surface area contributed by atoms with Gasteiger partial charge in [0.15, 0.2) is 0 Å². The monoisotopic (exact) mass is 127 g/mol. The maximum Gasteiger partial charge on any atom is 0.135 e. The summed E-state index contributed by atoms with van der Waals surface area (Å²) in [4.78, 5) is 13.8. The Kier molecular flexibility index (Phi) is 2.21. The third kappa shape index (κ3) is 1.81. The highest BCUT2D eigenvalue weighted by Gasteiger charge is 2.01. The lowest BCUT2D eigenvalue weighted by atomic mass is 10.7. The van der Waals surface area contributed by atoms with Crippen molar-refractivity contribution in [2.24, 2.45) is 4.99 Å². The molecule has 1 aliphatic rings. The van der Waals surface area contributed by atoms with Gasteiger partial charge in [-0.1, -0.05) is 0 Å². The molecular formula is C5H9N3O. The van der Waals surface area contributed by atoms with Crippen molar-refractivity contribution in [1.29, 1.82) is 0 Å². The SMILES string of the molecule is O=CCNN1C=NCC1. The average molecular weight is 127 g/mol. The Bertz CT molecular complexity index is 123. The molecule has 0 aromatic carbocycles. The van der Waals surface area contributed by atoms with E-state index >= 15 is 0 Å². The molecule has 1 aliphatic heterocycles. The zero-order valence-electron chi connectivity index (χ0n) is 5.08. The van der Waals surface area contributed by atoms with Gasteiger partial charge in [-0.15, -0.1) is 0 Å². The van der Waals surface area contributed by atoms with Crippen molar-refractivity contribution in [3.8, 4) is 0 Å². The molecule has 1 rings (SSSR count). The van der Waals surface area contributed by atoms with Crippen LogP contribution in [0.15, 0.2) is 4.99 Å². The number of hydrogen-bond acceptors (Lipinski definition) is 4. The Labute approximate surface area is 53.5 Å². The minimum Gasteiger partial charge on any atom is -0.302 e. The number of nitrogens with one attached hydrogen (secondary N) is 1. The second kappa shape index (κ2) is 3.19. The van der Waals surface area contributed by atoms with Crippen molar-refractivity contribution >= 4 is 12.6 Å². The molecule has 0 fully saturated rings. The summed E-state index contributed by atoms with van der Waals surface area (Å²) in [6, 6.07) is 0. The number of hydrazine groups is 1. The fourth-order valence-electron chi connectivity index (χ4n) is 0.654. The van der Waals surface area contributed by atoms with E-state index in [9.17, 15) is 4.79 Å². The van der Waals surface area contributed by atoms with Gasteiger partial charge in [-0.2, -0.15) is 0 Å². The van der Waals surface area contributed by atoms with E-state index in [4.69, 9.17) is 0 Å². The van der Waals surface area contributed by atoms with Gasteiger partial charge < -0.3 is 4.79 Å². The highest BCUT2D eigenvalue weighted by atomic mass is 16.1. The van der Waals surface area contributed by atoms with Gasteiger partial charge >= 0.3 is 0 Å². The summed E-state index contributed by atoms with van der Waals surface area (Å²) < 4.78 is 0. The van der Waals surface area contributed by atoms with Gasteiger partial charge in [-0.25, -0.2) is 5.43 Å². The summed E-state index contributed by atoms with van der Waals surface area (Å²) in [6.45, 7) is 2.06. The van der Waals surface area contributed by atoms with Crippen LogP contribution in [0, 0.1) is 0 Å². The van der Waals surface area contributed by atoms with Crippen LogP contribution >= 0.6 is 0 Å². The first kappa shape index (κ1) is 6.22. The normalized spacial score (nSPS) is 16.7. The number of rotatable bonds is 3. The van der Waals surface area contributed by atoms with E-state index < -0.39 is 0 Å². The fraction of sp³-hybridized carbons (Fsp3) is 0.600. The lowest BCUT2D eigenvalue weighted by Gasteiger charge is -2.11. The van der Waals surface area contributed by atoms with Crippen LogP contribution < -0.4 is 5.43 Å². The average Bonchev–Trinajstić information content (AvgIpc) is 2.34. The predicted molar refractivity (Wildman–Crippen MR) is 34.1 cm³/mol. The third-order valence-electron chi connectivity index (χ3n) is 1.07. The molecule has 0 atom stereocenters. The summed E-state index contributed by atoms with van der Waals surface area (Å²) in [5, 5.41) is 1.80. The molecule has 1 heterocycles. The summed E-state index contributed by atoms with van der Waals surface area (Å²) in [5.41, 5.74) is 2.85. The molecule has 0 spiro atoms. The molecule has 0 saturated carbocycles. The number of aliphatic imine (C=N–C) groups is 1. The fourth-order valence-corrected chi connectivity index (χ4v) is 0.654. The molecule has 0 aromatic rings. The van der Waals surface area contributed by atoms with Crippen molar-refractivity contribution in [1.82, 2.24) is 10.4 Å². The molecule has 0 bridgehead atoms. The molecule has 50 valence electrons. The topological polar surface area (TPSA) is 44.7 Å². The molecule has 0 aromatic heterocycles. The predicted octanol–water partition coefficient (Wildman–Crippen LogP) is -0.966. The van der Waals surface area contributed by atoms with Crippen LogP contribution in [0.3, 0.4) is 0 Å². The third-order valence-corrected chi connectivity index (χ3v) is 1.07. The van der Waals surface area contributed by atoms with Crippen molar-refractivity contribution in [3.63, 3.8) is 0 Å². The number of carbonyl (C=O) groups is 1. The molecule has 4 nitrogen and oxygen atoms in total. The number of carbonyl (C=O) groups excluding carboxylic acids is 1. The number of aldehydes is 1. The second-order valence-electron chi connectivity index (χ2n) is 1.74. The van der Waals surface area contributed by atoms with Crippen LogP contribution in [0.5, 0.6) is 0 Å². The van der Waals surface area contributed by atoms with E-state index in [2.05, 4.69) is 10.4 Å². The van der Waals surface area contributed by atoms with E-state index in [-0.39, 0.29) is 0 Å². The summed E-state index contributed by atoms with van der Waals surface area (Å²) in [6.07, 6.45) is 2.52. The molecule has 0 aliphatic carbocycles. The first-order chi connectivity index (χ1) is 4.43. The van der Waals surface area contributed by atoms with Gasteiger partial charge in [0.1, 0.15) is 6.29 Å². The number of nitrogens with zero attached hydrogens (tertiary/aromatic N) is 2. The standard InChI is InChI=1S/C5H9N3O/c9-4-2-7-8-3-1-6-5-8/h4-5,7H,1-3H2. The molecule has 1 N–H and O–H groups in total. The quantitative estimate of drug-likeness (QED) is 0.496. The van der Waals surface area contributed by atoms with Crippen molar-refractivity contribution in [2.45, 2.75) is 0 Å². The highest BCUT2D eigenvalue weighted by Crippen LogP contribution is 1.85. The Morgan fingerprint density at radius 3 is 3.33 bits per heavy atom. The van der Waals surface area contributed by atoms with Crippen LogP contribution in [0.25, 0.3) is 0 Å². The van der Waals surface area contributed by atoms with Crippen molar-refractivity contribution in [2.75, 3.05) is 19.6 Å². The van der Waals surface area contributed by atoms with E-state index in [1.54, 1.807) is 11.3 Å². The first-order valence-electron chi connectivity index (χ1n) is 2.87. The van der Waals surface area contributed by atoms with Gasteiger partial charge in [0.2, 0.25) is 0 Å². The minimum absolute atomic E-state index is 0.367. The number of hydrogen-bond donors (Lipinski definition) is 1. The lowest BCUT2D eigenvalue weighted by molar-refractivity contribution is -0.107. The first-order valence-corrected chi connectivity index (χ1v) is 2.87. The summed E-state index contributed by atoms with van der Waals surface area (Å²) in [7, 11) is 0. The Morgan fingerprint density at radius 2 is 2.78 bits per heavy atom. The van der Waals surface area contributed by atoms with Gasteiger partial charge in [0, 0.05) is 0 Å². The van der Waals surface area contributed by atoms with E-state index in [0.717, 1.165) is 19.4 Å². The van der Waals surface area contributed by atoms with E-state index in [0.29, 0.717) is 6.54 Å². The lowest BCUT2D eigenvalue weighted by Crippen LogP contribution is -2.36. The van der Waals surface area contributed by atoms with E-state index in [1.807, 2.05) is 0 Å². The maximum absolute atomic E-state index is 9.83. The van der Waals surface area contributed by atoms with Crippen LogP contribution in [-0.4, -0.2) is 37.3 Å². The van der Waals surface area contributed by atoms with Crippen molar-refractivity contribution in [3.05, 3.63) is 0 Å². The van der Waals surface area contributed by atoms with Gasteiger partial charge in [0.05, 0.1) is 26.0 Å². The van der Waals surface area contributed by atoms with Crippen LogP contribution in [-0.2, 0) is 4.79 Å². The molecule has 0 radical (unpaired) electrons. The Balaban J connectivity index is 2.12. The largest absolute Gasteiger partial charge is 0.302 e. The summed E-state index contributed by atoms with van der Waals surface area (Å²) >= 11 is 0. The second-order valence-corrected chi connectivity index (χ2v) is 1.74. The van der Waals surface area contributed by atoms with Gasteiger partial charge in [-0.05, 0) is 0 Å². The smallest absolute Gasteiger partial charge is 0.135 e. The highest BCUT2D eigenvalue weighted by molar-refractivity contribution is 5.57. The zero-order valence-corrected chi connectivity index (χ0v) is 5.08. The molecule has 0 unspecified atom stereocenters. The van der Waals surface area contributed by atoms with Crippen LogP contribution in [0.1, 0.15) is 0 Å². The van der Waals surface area contributed by atoms with Crippen LogP contribution in [0.2, 0.25) is 0 Å².